The number of carbonyl (C=O) groups is 3. The fourth-order valence-corrected chi connectivity index (χ4v) is 5.82. The lowest BCUT2D eigenvalue weighted by atomic mass is 9.86. The molecule has 1 N–H and O–H groups in total. The molecule has 0 unspecified atom stereocenters. The van der Waals surface area contributed by atoms with Crippen molar-refractivity contribution in [3.8, 4) is 11.5 Å². The number of anilines is 1. The van der Waals surface area contributed by atoms with Crippen molar-refractivity contribution in [2.24, 2.45) is 0 Å². The van der Waals surface area contributed by atoms with E-state index in [4.69, 9.17) is 24.2 Å². The number of amides is 2. The number of hydrogen-bond acceptors (Lipinski definition) is 7. The van der Waals surface area contributed by atoms with Crippen molar-refractivity contribution in [3.05, 3.63) is 53.6 Å². The first kappa shape index (κ1) is 31.3. The zero-order chi connectivity index (χ0) is 30.1. The number of rotatable bonds is 11. The molecule has 2 aromatic rings. The van der Waals surface area contributed by atoms with Gasteiger partial charge in [0.2, 0.25) is 12.7 Å². The van der Waals surface area contributed by atoms with Crippen LogP contribution < -0.4 is 14.4 Å². The number of para-hydroxylation sites is 1. The maximum absolute atomic E-state index is 13.4. The van der Waals surface area contributed by atoms with Crippen molar-refractivity contribution >= 4 is 23.5 Å². The average Bonchev–Trinajstić information content (AvgIpc) is 3.57. The van der Waals surface area contributed by atoms with Crippen molar-refractivity contribution in [2.75, 3.05) is 44.5 Å². The Morgan fingerprint density at radius 3 is 2.60 bits per heavy atom. The van der Waals surface area contributed by atoms with Gasteiger partial charge in [-0.2, -0.15) is 0 Å². The van der Waals surface area contributed by atoms with E-state index in [1.165, 1.54) is 5.56 Å². The van der Waals surface area contributed by atoms with Crippen LogP contribution in [0, 0.1) is 0 Å². The minimum absolute atomic E-state index is 0.000712. The Morgan fingerprint density at radius 1 is 1.07 bits per heavy atom. The van der Waals surface area contributed by atoms with Gasteiger partial charge in [-0.15, -0.1) is 0 Å². The number of hydroxylamine groups is 2. The molecule has 0 radical (unpaired) electrons. The molecule has 3 aliphatic heterocycles. The van der Waals surface area contributed by atoms with Gasteiger partial charge < -0.3 is 19.5 Å². The maximum atomic E-state index is 13.4. The molecule has 10 nitrogen and oxygen atoms in total. The van der Waals surface area contributed by atoms with Crippen LogP contribution in [0.4, 0.5) is 5.69 Å². The van der Waals surface area contributed by atoms with Crippen LogP contribution in [0.2, 0.25) is 0 Å². The molecular weight excluding hydrogens is 538 g/mol. The third-order valence-corrected chi connectivity index (χ3v) is 7.79. The zero-order valence-electron chi connectivity index (χ0n) is 24.9. The van der Waals surface area contributed by atoms with E-state index in [1.807, 2.05) is 42.2 Å². The Balaban J connectivity index is 0.000000952. The minimum atomic E-state index is -0.833. The number of nitrogens with zero attached hydrogens (tertiary/aromatic N) is 3. The number of piperidine rings is 1. The smallest absolute Gasteiger partial charge is 0.300 e. The highest BCUT2D eigenvalue weighted by atomic mass is 16.7. The molecule has 228 valence electrons. The highest BCUT2D eigenvalue weighted by molar-refractivity contribution is 6.01. The number of hydrogen-bond donors (Lipinski definition) is 1. The quantitative estimate of drug-likeness (QED) is 0.383. The van der Waals surface area contributed by atoms with Gasteiger partial charge in [0.05, 0.1) is 19.6 Å². The highest BCUT2D eigenvalue weighted by Gasteiger charge is 2.34. The summed E-state index contributed by atoms with van der Waals surface area (Å²) in [5.74, 6) is 1.19. The second-order valence-electron chi connectivity index (χ2n) is 11.0. The lowest BCUT2D eigenvalue weighted by molar-refractivity contribution is -0.188. The largest absolute Gasteiger partial charge is 0.481 e. The highest BCUT2D eigenvalue weighted by Crippen LogP contribution is 2.38. The van der Waals surface area contributed by atoms with Crippen molar-refractivity contribution in [2.45, 2.75) is 71.3 Å². The van der Waals surface area contributed by atoms with Gasteiger partial charge in [-0.05, 0) is 67.3 Å². The van der Waals surface area contributed by atoms with Gasteiger partial charge in [0, 0.05) is 38.3 Å². The molecule has 42 heavy (non-hydrogen) atoms. The predicted molar refractivity (Wildman–Crippen MR) is 159 cm³/mol. The van der Waals surface area contributed by atoms with Gasteiger partial charge in [0.15, 0.2) is 11.5 Å². The van der Waals surface area contributed by atoms with Crippen LogP contribution in [-0.4, -0.2) is 78.5 Å². The molecule has 2 amide bonds. The number of carbonyl (C=O) groups excluding carboxylic acids is 2. The van der Waals surface area contributed by atoms with Crippen molar-refractivity contribution in [3.63, 3.8) is 0 Å². The number of ether oxygens (including phenoxy) is 2. The Kier molecular flexibility index (Phi) is 11.2. The number of likely N-dealkylation sites (tertiary alicyclic amines) is 1. The standard InChI is InChI=1S/C30H39N3O5.C2H4O2/c1-3-14-33(38-16-4-2)30(35)20-31-19-24(22-10-12-27-28(17-22)37-21-36-27)9-11-25(31)13-15-32-26-8-6-5-7-23(26)18-29(32)34;1-2(3)4/h5-8,10,12,17,24-25H,3-4,9,11,13-16,18-21H2,1-2H3;1H3,(H,3,4)/t24-,25-;/m1./s1. The van der Waals surface area contributed by atoms with E-state index < -0.39 is 5.97 Å². The van der Waals surface area contributed by atoms with Crippen LogP contribution in [0.3, 0.4) is 0 Å². The number of carboxylic acids is 1. The Morgan fingerprint density at radius 2 is 1.83 bits per heavy atom. The van der Waals surface area contributed by atoms with E-state index in [9.17, 15) is 9.59 Å². The molecule has 0 bridgehead atoms. The Labute approximate surface area is 248 Å². The third-order valence-electron chi connectivity index (χ3n) is 7.79. The van der Waals surface area contributed by atoms with Crippen LogP contribution in [0.1, 0.15) is 69.9 Å². The van der Waals surface area contributed by atoms with Gasteiger partial charge in [-0.1, -0.05) is 38.1 Å². The minimum Gasteiger partial charge on any atom is -0.481 e. The van der Waals surface area contributed by atoms with Gasteiger partial charge in [0.1, 0.15) is 0 Å². The summed E-state index contributed by atoms with van der Waals surface area (Å²) in [5, 5.41) is 8.96. The van der Waals surface area contributed by atoms with Crippen molar-refractivity contribution in [1.82, 2.24) is 9.96 Å². The Bertz CT molecular complexity index is 1230. The average molecular weight is 582 g/mol. The summed E-state index contributed by atoms with van der Waals surface area (Å²) in [4.78, 5) is 45.2. The Hall–Kier alpha value is -3.63. The first-order valence-corrected chi connectivity index (χ1v) is 14.9. The number of benzene rings is 2. The number of carboxylic acid groups (broad SMARTS) is 1. The van der Waals surface area contributed by atoms with E-state index >= 15 is 0 Å². The van der Waals surface area contributed by atoms with Crippen LogP contribution in [0.25, 0.3) is 0 Å². The van der Waals surface area contributed by atoms with E-state index in [-0.39, 0.29) is 24.6 Å². The van der Waals surface area contributed by atoms with Crippen molar-refractivity contribution in [1.29, 1.82) is 0 Å². The van der Waals surface area contributed by atoms with Gasteiger partial charge >= 0.3 is 0 Å². The van der Waals surface area contributed by atoms with E-state index in [0.29, 0.717) is 38.6 Å². The van der Waals surface area contributed by atoms with Crippen LogP contribution in [0.15, 0.2) is 42.5 Å². The number of aliphatic carboxylic acids is 1. The molecule has 2 atom stereocenters. The molecule has 0 aliphatic carbocycles. The molecule has 0 aromatic heterocycles. The predicted octanol–water partition coefficient (Wildman–Crippen LogP) is 4.61. The van der Waals surface area contributed by atoms with E-state index in [2.05, 4.69) is 24.0 Å². The lowest BCUT2D eigenvalue weighted by Crippen LogP contribution is -2.49. The lowest BCUT2D eigenvalue weighted by Gasteiger charge is -2.41. The van der Waals surface area contributed by atoms with E-state index in [0.717, 1.165) is 68.3 Å². The molecule has 5 rings (SSSR count). The molecule has 1 fully saturated rings. The summed E-state index contributed by atoms with van der Waals surface area (Å²) in [5.41, 5.74) is 3.33. The molecule has 0 spiro atoms. The van der Waals surface area contributed by atoms with Crippen molar-refractivity contribution < 1.29 is 33.8 Å². The first-order chi connectivity index (χ1) is 20.3. The second-order valence-corrected chi connectivity index (χ2v) is 11.0. The zero-order valence-corrected chi connectivity index (χ0v) is 24.9. The normalized spacial score (nSPS) is 19.2. The summed E-state index contributed by atoms with van der Waals surface area (Å²) in [7, 11) is 0. The summed E-state index contributed by atoms with van der Waals surface area (Å²) >= 11 is 0. The summed E-state index contributed by atoms with van der Waals surface area (Å²) < 4.78 is 11.1. The SMILES string of the molecule is CC(=O)O.CCCON(CCC)C(=O)CN1C[C@H](c2ccc3c(c2)OCO3)CC[C@@H]1CCN1C(=O)Cc2ccccc21. The van der Waals surface area contributed by atoms with E-state index in [1.54, 1.807) is 5.06 Å². The number of fused-ring (bicyclic) bond motifs is 2. The van der Waals surface area contributed by atoms with Gasteiger partial charge in [-0.25, -0.2) is 5.06 Å². The molecular formula is C32H43N3O7. The van der Waals surface area contributed by atoms with Gasteiger partial charge in [-0.3, -0.25) is 24.1 Å². The summed E-state index contributed by atoms with van der Waals surface area (Å²) in [6.45, 7) is 8.30. The molecule has 2 aromatic carbocycles. The molecule has 3 aliphatic rings. The van der Waals surface area contributed by atoms with Gasteiger partial charge in [0.25, 0.3) is 11.9 Å². The van der Waals surface area contributed by atoms with Crippen LogP contribution >= 0.6 is 0 Å². The summed E-state index contributed by atoms with van der Waals surface area (Å²) in [6.07, 6.45) is 4.97. The molecule has 0 saturated carbocycles. The molecule has 1 saturated heterocycles. The fourth-order valence-electron chi connectivity index (χ4n) is 5.82. The third kappa shape index (κ3) is 8.01. The fraction of sp³-hybridized carbons (Fsp3) is 0.531. The summed E-state index contributed by atoms with van der Waals surface area (Å²) in [6, 6.07) is 14.4. The first-order valence-electron chi connectivity index (χ1n) is 14.9. The molecule has 3 heterocycles. The maximum Gasteiger partial charge on any atom is 0.300 e. The monoisotopic (exact) mass is 581 g/mol. The topological polar surface area (TPSA) is 109 Å². The second kappa shape index (κ2) is 15.0. The van der Waals surface area contributed by atoms with Crippen LogP contribution in [0.5, 0.6) is 11.5 Å². The van der Waals surface area contributed by atoms with Crippen LogP contribution in [-0.2, 0) is 25.6 Å². The molecule has 10 heteroatoms.